The quantitative estimate of drug-likeness (QED) is 0.890. The summed E-state index contributed by atoms with van der Waals surface area (Å²) < 4.78 is 5.47. The summed E-state index contributed by atoms with van der Waals surface area (Å²) in [5.41, 5.74) is 1.21. The molecule has 1 atom stereocenters. The van der Waals surface area contributed by atoms with Crippen LogP contribution in [0.15, 0.2) is 42.5 Å². The highest BCUT2D eigenvalue weighted by molar-refractivity contribution is 5.85. The lowest BCUT2D eigenvalue weighted by molar-refractivity contribution is -0.133. The number of carbonyl (C=O) groups is 1. The van der Waals surface area contributed by atoms with E-state index in [2.05, 4.69) is 52.7 Å². The zero-order valence-corrected chi connectivity index (χ0v) is 15.1. The van der Waals surface area contributed by atoms with E-state index >= 15 is 0 Å². The molecule has 0 aromatic heterocycles. The maximum absolute atomic E-state index is 12.8. The zero-order chi connectivity index (χ0) is 16.4. The zero-order valence-electron chi connectivity index (χ0n) is 14.3. The van der Waals surface area contributed by atoms with Crippen molar-refractivity contribution in [1.29, 1.82) is 0 Å². The number of benzene rings is 2. The first-order valence-electron chi connectivity index (χ1n) is 8.88. The number of hydrogen-bond donors (Lipinski definition) is 1. The molecule has 1 aliphatic carbocycles. The van der Waals surface area contributed by atoms with Crippen LogP contribution in [0.3, 0.4) is 0 Å². The first-order chi connectivity index (χ1) is 11.8. The minimum absolute atomic E-state index is 0. The molecule has 0 bridgehead atoms. The van der Waals surface area contributed by atoms with E-state index in [1.54, 1.807) is 0 Å². The van der Waals surface area contributed by atoms with Gasteiger partial charge in [0.2, 0.25) is 5.91 Å². The maximum Gasteiger partial charge on any atom is 0.224 e. The van der Waals surface area contributed by atoms with Crippen LogP contribution in [0.1, 0.15) is 24.8 Å². The lowest BCUT2D eigenvalue weighted by Gasteiger charge is -2.28. The van der Waals surface area contributed by atoms with Crippen LogP contribution < -0.4 is 5.32 Å². The molecule has 2 aromatic rings. The van der Waals surface area contributed by atoms with Gasteiger partial charge in [0.25, 0.3) is 0 Å². The smallest absolute Gasteiger partial charge is 0.224 e. The molecule has 134 valence electrons. The molecule has 1 heterocycles. The second kappa shape index (κ2) is 8.17. The van der Waals surface area contributed by atoms with Crippen LogP contribution in [-0.4, -0.2) is 42.6 Å². The molecule has 25 heavy (non-hydrogen) atoms. The molecule has 1 unspecified atom stereocenters. The highest BCUT2D eigenvalue weighted by Crippen LogP contribution is 2.30. The van der Waals surface area contributed by atoms with Gasteiger partial charge in [-0.2, -0.15) is 0 Å². The molecule has 5 heteroatoms. The average Bonchev–Trinajstić information content (AvgIpc) is 3.45. The van der Waals surface area contributed by atoms with Gasteiger partial charge in [-0.1, -0.05) is 36.4 Å². The lowest BCUT2D eigenvalue weighted by atomic mass is 10.1. The summed E-state index contributed by atoms with van der Waals surface area (Å²) in [6.45, 7) is 2.93. The fourth-order valence-corrected chi connectivity index (χ4v) is 3.42. The Balaban J connectivity index is 0.00000182. The molecular weight excluding hydrogens is 336 g/mol. The molecule has 4 rings (SSSR count). The van der Waals surface area contributed by atoms with E-state index in [1.165, 1.54) is 16.3 Å². The second-order valence-corrected chi connectivity index (χ2v) is 6.86. The standard InChI is InChI=1S/C20H24N2O2.ClH/c23-20(12-18-14-24-10-9-21-18)22(19-7-8-19)13-15-5-6-16-3-1-2-4-17(16)11-15;/h1-6,11,18-19,21H,7-10,12-14H2;1H. The van der Waals surface area contributed by atoms with Crippen molar-refractivity contribution in [2.75, 3.05) is 19.8 Å². The highest BCUT2D eigenvalue weighted by atomic mass is 35.5. The van der Waals surface area contributed by atoms with Gasteiger partial charge in [0.1, 0.15) is 0 Å². The van der Waals surface area contributed by atoms with Gasteiger partial charge in [0.05, 0.1) is 13.2 Å². The predicted molar refractivity (Wildman–Crippen MR) is 102 cm³/mol. The van der Waals surface area contributed by atoms with Crippen LogP contribution in [0.5, 0.6) is 0 Å². The molecule has 1 amide bonds. The lowest BCUT2D eigenvalue weighted by Crippen LogP contribution is -2.45. The number of nitrogens with one attached hydrogen (secondary N) is 1. The van der Waals surface area contributed by atoms with E-state index in [9.17, 15) is 4.79 Å². The molecule has 0 radical (unpaired) electrons. The third kappa shape index (κ3) is 4.51. The van der Waals surface area contributed by atoms with Crippen LogP contribution in [0.25, 0.3) is 10.8 Å². The highest BCUT2D eigenvalue weighted by Gasteiger charge is 2.33. The van der Waals surface area contributed by atoms with E-state index < -0.39 is 0 Å². The molecule has 1 aliphatic heterocycles. The van der Waals surface area contributed by atoms with Crippen molar-refractivity contribution < 1.29 is 9.53 Å². The molecule has 4 nitrogen and oxygen atoms in total. The van der Waals surface area contributed by atoms with Crippen molar-refractivity contribution >= 4 is 29.1 Å². The Morgan fingerprint density at radius 1 is 1.16 bits per heavy atom. The van der Waals surface area contributed by atoms with Crippen molar-refractivity contribution in [3.05, 3.63) is 48.0 Å². The second-order valence-electron chi connectivity index (χ2n) is 6.86. The number of ether oxygens (including phenoxy) is 1. The molecule has 2 fully saturated rings. The van der Waals surface area contributed by atoms with Gasteiger partial charge in [0.15, 0.2) is 0 Å². The Morgan fingerprint density at radius 2 is 1.96 bits per heavy atom. The number of nitrogens with zero attached hydrogens (tertiary/aromatic N) is 1. The van der Waals surface area contributed by atoms with Crippen LogP contribution in [-0.2, 0) is 16.1 Å². The summed E-state index contributed by atoms with van der Waals surface area (Å²) in [7, 11) is 0. The molecule has 2 aromatic carbocycles. The van der Waals surface area contributed by atoms with E-state index in [0.29, 0.717) is 25.6 Å². The summed E-state index contributed by atoms with van der Waals surface area (Å²) in [6.07, 6.45) is 2.80. The first-order valence-corrected chi connectivity index (χ1v) is 8.88. The van der Waals surface area contributed by atoms with E-state index in [4.69, 9.17) is 4.74 Å². The van der Waals surface area contributed by atoms with Crippen molar-refractivity contribution in [3.8, 4) is 0 Å². The fraction of sp³-hybridized carbons (Fsp3) is 0.450. The normalized spacial score (nSPS) is 20.1. The monoisotopic (exact) mass is 360 g/mol. The molecular formula is C20H25ClN2O2. The maximum atomic E-state index is 12.8. The van der Waals surface area contributed by atoms with Gasteiger partial charge in [-0.3, -0.25) is 4.79 Å². The van der Waals surface area contributed by atoms with Crippen LogP contribution in [0.2, 0.25) is 0 Å². The van der Waals surface area contributed by atoms with Crippen molar-refractivity contribution in [2.45, 2.75) is 37.9 Å². The third-order valence-electron chi connectivity index (χ3n) is 4.89. The number of halogens is 1. The largest absolute Gasteiger partial charge is 0.378 e. The van der Waals surface area contributed by atoms with Gasteiger partial charge in [-0.25, -0.2) is 0 Å². The third-order valence-corrected chi connectivity index (χ3v) is 4.89. The number of fused-ring (bicyclic) bond motifs is 1. The van der Waals surface area contributed by atoms with Gasteiger partial charge < -0.3 is 15.0 Å². The van der Waals surface area contributed by atoms with Gasteiger partial charge >= 0.3 is 0 Å². The fourth-order valence-electron chi connectivity index (χ4n) is 3.42. The van der Waals surface area contributed by atoms with Crippen molar-refractivity contribution in [1.82, 2.24) is 10.2 Å². The van der Waals surface area contributed by atoms with Gasteiger partial charge in [-0.15, -0.1) is 12.4 Å². The van der Waals surface area contributed by atoms with Crippen LogP contribution in [0.4, 0.5) is 0 Å². The Kier molecular flexibility index (Phi) is 5.94. The minimum Gasteiger partial charge on any atom is -0.378 e. The van der Waals surface area contributed by atoms with E-state index in [0.717, 1.165) is 26.0 Å². The summed E-state index contributed by atoms with van der Waals surface area (Å²) in [4.78, 5) is 14.9. The SMILES string of the molecule is Cl.O=C(CC1COCCN1)N(Cc1ccc2ccccc2c1)C1CC1. The Labute approximate surface area is 154 Å². The Hall–Kier alpha value is -1.62. The summed E-state index contributed by atoms with van der Waals surface area (Å²) >= 11 is 0. The average molecular weight is 361 g/mol. The Morgan fingerprint density at radius 3 is 2.68 bits per heavy atom. The van der Waals surface area contributed by atoms with E-state index in [1.807, 2.05) is 0 Å². The number of amides is 1. The number of carbonyl (C=O) groups excluding carboxylic acids is 1. The summed E-state index contributed by atoms with van der Waals surface area (Å²) in [5.74, 6) is 0.244. The number of hydrogen-bond acceptors (Lipinski definition) is 3. The van der Waals surface area contributed by atoms with Crippen LogP contribution >= 0.6 is 12.4 Å². The number of morpholine rings is 1. The van der Waals surface area contributed by atoms with Gasteiger partial charge in [0, 0.05) is 31.6 Å². The van der Waals surface area contributed by atoms with Gasteiger partial charge in [-0.05, 0) is 35.2 Å². The molecule has 0 spiro atoms. The van der Waals surface area contributed by atoms with Crippen molar-refractivity contribution in [3.63, 3.8) is 0 Å². The van der Waals surface area contributed by atoms with Crippen LogP contribution in [0, 0.1) is 0 Å². The summed E-state index contributed by atoms with van der Waals surface area (Å²) in [5, 5.41) is 5.86. The number of rotatable bonds is 5. The van der Waals surface area contributed by atoms with E-state index in [-0.39, 0.29) is 24.4 Å². The molecule has 1 N–H and O–H groups in total. The topological polar surface area (TPSA) is 41.6 Å². The first kappa shape index (κ1) is 18.2. The molecule has 1 saturated carbocycles. The minimum atomic E-state index is 0. The predicted octanol–water partition coefficient (Wildman–Crippen LogP) is 3.13. The molecule has 1 saturated heterocycles. The Bertz CT molecular complexity index is 726. The summed E-state index contributed by atoms with van der Waals surface area (Å²) in [6, 6.07) is 15.5. The molecule has 2 aliphatic rings. The van der Waals surface area contributed by atoms with Crippen molar-refractivity contribution in [2.24, 2.45) is 0 Å².